The molecule has 6 nitrogen and oxygen atoms in total. The quantitative estimate of drug-likeness (QED) is 0.564. The lowest BCUT2D eigenvalue weighted by Gasteiger charge is -2.25. The van der Waals surface area contributed by atoms with Gasteiger partial charge in [-0.15, -0.1) is 0 Å². The van der Waals surface area contributed by atoms with Crippen molar-refractivity contribution < 1.29 is 9.59 Å². The van der Waals surface area contributed by atoms with Gasteiger partial charge in [0.15, 0.2) is 5.17 Å². The molecule has 0 unspecified atom stereocenters. The first-order chi connectivity index (χ1) is 16.6. The third kappa shape index (κ3) is 4.52. The number of amidine groups is 2. The van der Waals surface area contributed by atoms with Crippen LogP contribution < -0.4 is 5.32 Å². The van der Waals surface area contributed by atoms with Crippen molar-refractivity contribution in [1.82, 2.24) is 4.90 Å². The highest BCUT2D eigenvalue weighted by Crippen LogP contribution is 2.34. The van der Waals surface area contributed by atoms with Crippen LogP contribution in [0.3, 0.4) is 0 Å². The Morgan fingerprint density at radius 1 is 0.971 bits per heavy atom. The number of benzene rings is 3. The molecule has 0 saturated carbocycles. The first-order valence-corrected chi connectivity index (χ1v) is 12.3. The number of nitrogens with one attached hydrogen (secondary N) is 1. The monoisotopic (exact) mass is 468 g/mol. The molecule has 0 radical (unpaired) electrons. The fourth-order valence-corrected chi connectivity index (χ4v) is 4.82. The molecule has 1 atom stereocenters. The number of thioether (sulfide) groups is 1. The van der Waals surface area contributed by atoms with Crippen molar-refractivity contribution in [2.24, 2.45) is 9.98 Å². The standard InChI is InChI=1S/C27H24N4O2S/c1-2-18-12-14-20(15-13-18)28-24(32)17-34-27-30-22-11-7-6-10-21(22)25-29-23(26(33)31(25)27)16-19-8-4-3-5-9-19/h3-15,23H,2,16-17H2,1H3,(H,28,32)/t23-/m0/s1. The number of aliphatic imine (C=N–C) groups is 2. The zero-order valence-electron chi connectivity index (χ0n) is 18.8. The van der Waals surface area contributed by atoms with Crippen LogP contribution in [0, 0.1) is 0 Å². The van der Waals surface area contributed by atoms with Gasteiger partial charge < -0.3 is 5.32 Å². The van der Waals surface area contributed by atoms with Gasteiger partial charge in [0.25, 0.3) is 5.91 Å². The van der Waals surface area contributed by atoms with Gasteiger partial charge in [-0.05, 0) is 41.8 Å². The van der Waals surface area contributed by atoms with E-state index in [1.807, 2.05) is 78.9 Å². The number of amides is 2. The van der Waals surface area contributed by atoms with Crippen molar-refractivity contribution in [3.05, 3.63) is 95.6 Å². The van der Waals surface area contributed by atoms with E-state index in [1.54, 1.807) is 4.90 Å². The molecule has 0 saturated heterocycles. The average Bonchev–Trinajstić information content (AvgIpc) is 3.20. The molecule has 0 aliphatic carbocycles. The predicted octanol–water partition coefficient (Wildman–Crippen LogP) is 4.82. The Balaban J connectivity index is 1.34. The molecule has 0 aromatic heterocycles. The molecule has 0 bridgehead atoms. The molecule has 34 heavy (non-hydrogen) atoms. The lowest BCUT2D eigenvalue weighted by Crippen LogP contribution is -2.41. The first-order valence-electron chi connectivity index (χ1n) is 11.3. The number of rotatable bonds is 6. The number of hydrogen-bond acceptors (Lipinski definition) is 5. The van der Waals surface area contributed by atoms with Crippen LogP contribution in [-0.4, -0.2) is 39.5 Å². The van der Waals surface area contributed by atoms with Crippen molar-refractivity contribution in [2.45, 2.75) is 25.8 Å². The largest absolute Gasteiger partial charge is 0.325 e. The number of carbonyl (C=O) groups excluding carboxylic acids is 2. The lowest BCUT2D eigenvalue weighted by molar-refractivity contribution is -0.124. The summed E-state index contributed by atoms with van der Waals surface area (Å²) in [7, 11) is 0. The maximum Gasteiger partial charge on any atom is 0.259 e. The van der Waals surface area contributed by atoms with E-state index in [9.17, 15) is 9.59 Å². The van der Waals surface area contributed by atoms with Crippen LogP contribution in [-0.2, 0) is 22.4 Å². The normalized spacial score (nSPS) is 16.4. The molecule has 2 amide bonds. The number of hydrogen-bond donors (Lipinski definition) is 1. The molecule has 0 fully saturated rings. The van der Waals surface area contributed by atoms with Gasteiger partial charge in [-0.2, -0.15) is 0 Å². The third-order valence-electron chi connectivity index (χ3n) is 5.80. The fourth-order valence-electron chi connectivity index (χ4n) is 4.02. The van der Waals surface area contributed by atoms with Crippen LogP contribution in [0.25, 0.3) is 0 Å². The molecule has 2 aliphatic heterocycles. The zero-order chi connectivity index (χ0) is 23.5. The molecular formula is C27H24N4O2S. The summed E-state index contributed by atoms with van der Waals surface area (Å²) in [4.78, 5) is 37.1. The minimum atomic E-state index is -0.514. The van der Waals surface area contributed by atoms with Crippen LogP contribution in [0.15, 0.2) is 88.8 Å². The summed E-state index contributed by atoms with van der Waals surface area (Å²) in [5.41, 5.74) is 4.60. The number of nitrogens with zero attached hydrogens (tertiary/aromatic N) is 3. The molecule has 2 aliphatic rings. The number of anilines is 1. The van der Waals surface area contributed by atoms with E-state index in [4.69, 9.17) is 9.98 Å². The highest BCUT2D eigenvalue weighted by molar-refractivity contribution is 8.14. The summed E-state index contributed by atoms with van der Waals surface area (Å²) in [5.74, 6) is 0.475. The summed E-state index contributed by atoms with van der Waals surface area (Å²) < 4.78 is 0. The van der Waals surface area contributed by atoms with E-state index in [2.05, 4.69) is 12.2 Å². The predicted molar refractivity (Wildman–Crippen MR) is 138 cm³/mol. The second kappa shape index (κ2) is 9.65. The molecule has 170 valence electrons. The number of aryl methyl sites for hydroxylation is 1. The minimum Gasteiger partial charge on any atom is -0.325 e. The van der Waals surface area contributed by atoms with Crippen molar-refractivity contribution in [1.29, 1.82) is 0 Å². The summed E-state index contributed by atoms with van der Waals surface area (Å²) in [5, 5.41) is 3.40. The lowest BCUT2D eigenvalue weighted by atomic mass is 10.1. The van der Waals surface area contributed by atoms with Gasteiger partial charge in [0, 0.05) is 17.7 Å². The maximum atomic E-state index is 13.4. The van der Waals surface area contributed by atoms with Crippen LogP contribution in [0.2, 0.25) is 0 Å². The summed E-state index contributed by atoms with van der Waals surface area (Å²) in [6.07, 6.45) is 1.47. The average molecular weight is 469 g/mol. The minimum absolute atomic E-state index is 0.116. The van der Waals surface area contributed by atoms with Gasteiger partial charge in [0.05, 0.1) is 11.4 Å². The van der Waals surface area contributed by atoms with E-state index in [1.165, 1.54) is 17.3 Å². The molecule has 5 rings (SSSR count). The van der Waals surface area contributed by atoms with E-state index >= 15 is 0 Å². The van der Waals surface area contributed by atoms with Crippen molar-refractivity contribution >= 4 is 46.0 Å². The van der Waals surface area contributed by atoms with Crippen LogP contribution in [0.1, 0.15) is 23.6 Å². The summed E-state index contributed by atoms with van der Waals surface area (Å²) in [6, 6.07) is 24.8. The van der Waals surface area contributed by atoms with E-state index in [0.29, 0.717) is 17.4 Å². The van der Waals surface area contributed by atoms with Gasteiger partial charge in [-0.3, -0.25) is 14.6 Å². The highest BCUT2D eigenvalue weighted by atomic mass is 32.2. The smallest absolute Gasteiger partial charge is 0.259 e. The number of carbonyl (C=O) groups is 2. The maximum absolute atomic E-state index is 13.4. The van der Waals surface area contributed by atoms with Crippen molar-refractivity contribution in [3.63, 3.8) is 0 Å². The second-order valence-corrected chi connectivity index (χ2v) is 9.07. The van der Waals surface area contributed by atoms with Crippen LogP contribution in [0.5, 0.6) is 0 Å². The Hall–Kier alpha value is -3.71. The Kier molecular flexibility index (Phi) is 6.27. The fraction of sp³-hybridized carbons (Fsp3) is 0.185. The van der Waals surface area contributed by atoms with E-state index in [0.717, 1.165) is 28.9 Å². The van der Waals surface area contributed by atoms with Gasteiger partial charge >= 0.3 is 0 Å². The van der Waals surface area contributed by atoms with Gasteiger partial charge in [0.1, 0.15) is 11.9 Å². The highest BCUT2D eigenvalue weighted by Gasteiger charge is 2.41. The second-order valence-electron chi connectivity index (χ2n) is 8.13. The van der Waals surface area contributed by atoms with Gasteiger partial charge in [-0.1, -0.05) is 73.3 Å². The van der Waals surface area contributed by atoms with Gasteiger partial charge in [0.2, 0.25) is 5.91 Å². The molecule has 1 N–H and O–H groups in total. The van der Waals surface area contributed by atoms with E-state index in [-0.39, 0.29) is 17.6 Å². The number of fused-ring (bicyclic) bond motifs is 3. The molecule has 3 aromatic carbocycles. The summed E-state index contributed by atoms with van der Waals surface area (Å²) in [6.45, 7) is 2.09. The Morgan fingerprint density at radius 2 is 1.71 bits per heavy atom. The SMILES string of the molecule is CCc1ccc(NC(=O)CSC2=Nc3ccccc3C3=N[C@@H](Cc4ccccc4)C(=O)N23)cc1. The zero-order valence-corrected chi connectivity index (χ0v) is 19.6. The Labute approximate surface area is 202 Å². The molecule has 7 heteroatoms. The third-order valence-corrected chi connectivity index (χ3v) is 6.74. The topological polar surface area (TPSA) is 74.1 Å². The van der Waals surface area contributed by atoms with Crippen LogP contribution >= 0.6 is 11.8 Å². The number of para-hydroxylation sites is 1. The summed E-state index contributed by atoms with van der Waals surface area (Å²) >= 11 is 1.25. The first kappa shape index (κ1) is 22.1. The van der Waals surface area contributed by atoms with Crippen LogP contribution in [0.4, 0.5) is 11.4 Å². The van der Waals surface area contributed by atoms with Gasteiger partial charge in [-0.25, -0.2) is 9.89 Å². The Bertz CT molecular complexity index is 1290. The van der Waals surface area contributed by atoms with Crippen molar-refractivity contribution in [3.8, 4) is 0 Å². The molecular weight excluding hydrogens is 444 g/mol. The van der Waals surface area contributed by atoms with E-state index < -0.39 is 6.04 Å². The van der Waals surface area contributed by atoms with Crippen molar-refractivity contribution in [2.75, 3.05) is 11.1 Å². The Morgan fingerprint density at radius 3 is 2.47 bits per heavy atom. The molecule has 0 spiro atoms. The molecule has 2 heterocycles. The molecule has 3 aromatic rings.